The van der Waals surface area contributed by atoms with Gasteiger partial charge in [-0.1, -0.05) is 41.1 Å². The lowest BCUT2D eigenvalue weighted by molar-refractivity contribution is 0.102. The lowest BCUT2D eigenvalue weighted by atomic mass is 10.0. The molecule has 2 heterocycles. The van der Waals surface area contributed by atoms with Crippen LogP contribution in [0, 0.1) is 6.92 Å². The van der Waals surface area contributed by atoms with E-state index in [2.05, 4.69) is 45.7 Å². The highest BCUT2D eigenvalue weighted by atomic mass is 79.9. The van der Waals surface area contributed by atoms with Crippen LogP contribution in [0.15, 0.2) is 45.8 Å². The molecular weight excluding hydrogens is 404 g/mol. The molecule has 138 valence electrons. The van der Waals surface area contributed by atoms with Crippen molar-refractivity contribution >= 4 is 38.4 Å². The number of hydrogen-bond acceptors (Lipinski definition) is 2. The number of pyridine rings is 1. The highest BCUT2D eigenvalue weighted by Gasteiger charge is 2.25. The molecule has 1 atom stereocenters. The first-order valence-corrected chi connectivity index (χ1v) is 9.97. The lowest BCUT2D eigenvalue weighted by Gasteiger charge is -2.15. The fourth-order valence-electron chi connectivity index (χ4n) is 4.01. The number of carbonyl (C=O) groups is 1. The first kappa shape index (κ1) is 18.0. The van der Waals surface area contributed by atoms with E-state index in [1.165, 1.54) is 0 Å². The van der Waals surface area contributed by atoms with Crippen molar-refractivity contribution in [3.8, 4) is 0 Å². The van der Waals surface area contributed by atoms with Crippen molar-refractivity contribution in [3.05, 3.63) is 73.5 Å². The summed E-state index contributed by atoms with van der Waals surface area (Å²) in [5.74, 6) is -0.352. The summed E-state index contributed by atoms with van der Waals surface area (Å²) in [7, 11) is 0. The third-order valence-electron chi connectivity index (χ3n) is 5.38. The second-order valence-corrected chi connectivity index (χ2v) is 8.13. The number of para-hydroxylation sites is 1. The number of carbonyl (C=O) groups excluding carboxylic acids is 1. The van der Waals surface area contributed by atoms with Gasteiger partial charge in [-0.25, -0.2) is 0 Å². The number of benzene rings is 2. The van der Waals surface area contributed by atoms with E-state index in [0.717, 1.165) is 45.2 Å². The van der Waals surface area contributed by atoms with Crippen molar-refractivity contribution in [3.63, 3.8) is 0 Å². The molecule has 0 spiro atoms. The maximum absolute atomic E-state index is 13.1. The summed E-state index contributed by atoms with van der Waals surface area (Å²) in [6, 6.07) is 10.0. The Morgan fingerprint density at radius 2 is 2.11 bits per heavy atom. The van der Waals surface area contributed by atoms with Crippen molar-refractivity contribution < 1.29 is 4.79 Å². The number of halogens is 1. The highest BCUT2D eigenvalue weighted by molar-refractivity contribution is 9.10. The third kappa shape index (κ3) is 2.90. The molecular formula is C22H21BrN2O2. The molecule has 0 aliphatic carbocycles. The second kappa shape index (κ2) is 6.64. The first-order chi connectivity index (χ1) is 12.9. The van der Waals surface area contributed by atoms with Gasteiger partial charge in [-0.3, -0.25) is 9.59 Å². The fourth-order valence-corrected chi connectivity index (χ4v) is 4.51. The summed E-state index contributed by atoms with van der Waals surface area (Å²) in [5.41, 5.74) is 4.90. The van der Waals surface area contributed by atoms with E-state index in [-0.39, 0.29) is 22.9 Å². The average molecular weight is 425 g/mol. The number of aryl methyl sites for hydroxylation is 2. The number of nitrogens with zero attached hydrogens (tertiary/aromatic N) is 1. The Kier molecular flexibility index (Phi) is 4.42. The van der Waals surface area contributed by atoms with E-state index in [0.29, 0.717) is 5.39 Å². The molecule has 0 bridgehead atoms. The lowest BCUT2D eigenvalue weighted by Crippen LogP contribution is -2.24. The van der Waals surface area contributed by atoms with E-state index in [1.807, 2.05) is 31.2 Å². The molecule has 4 nitrogen and oxygen atoms in total. The minimum Gasteiger partial charge on any atom is -0.343 e. The Balaban J connectivity index is 1.86. The fraction of sp³-hybridized carbons (Fsp3) is 0.273. The zero-order valence-corrected chi connectivity index (χ0v) is 17.2. The van der Waals surface area contributed by atoms with Gasteiger partial charge in [0.15, 0.2) is 0 Å². The van der Waals surface area contributed by atoms with Crippen molar-refractivity contribution in [1.82, 2.24) is 4.57 Å². The van der Waals surface area contributed by atoms with E-state index >= 15 is 0 Å². The maximum Gasteiger partial charge on any atom is 0.261 e. The maximum atomic E-state index is 13.1. The molecule has 1 aliphatic rings. The van der Waals surface area contributed by atoms with Crippen LogP contribution in [0.5, 0.6) is 0 Å². The first-order valence-electron chi connectivity index (χ1n) is 9.17. The van der Waals surface area contributed by atoms with Crippen LogP contribution in [0.3, 0.4) is 0 Å². The predicted octanol–water partition coefficient (Wildman–Crippen LogP) is 5.00. The van der Waals surface area contributed by atoms with Gasteiger partial charge in [-0.05, 0) is 55.5 Å². The molecule has 0 radical (unpaired) electrons. The highest BCUT2D eigenvalue weighted by Crippen LogP contribution is 2.33. The molecule has 5 heteroatoms. The van der Waals surface area contributed by atoms with E-state index in [1.54, 1.807) is 6.20 Å². The molecule has 0 saturated heterocycles. The van der Waals surface area contributed by atoms with E-state index in [4.69, 9.17) is 0 Å². The molecule has 1 aromatic heterocycles. The Morgan fingerprint density at radius 1 is 1.33 bits per heavy atom. The van der Waals surface area contributed by atoms with Gasteiger partial charge in [0.1, 0.15) is 5.56 Å². The second-order valence-electron chi connectivity index (χ2n) is 7.21. The Labute approximate surface area is 166 Å². The molecule has 2 aromatic carbocycles. The summed E-state index contributed by atoms with van der Waals surface area (Å²) in [6.45, 7) is 6.12. The molecule has 3 aromatic rings. The van der Waals surface area contributed by atoms with Crippen LogP contribution < -0.4 is 10.7 Å². The Bertz CT molecular complexity index is 1150. The molecule has 1 amide bonds. The molecule has 4 rings (SSSR count). The largest absolute Gasteiger partial charge is 0.343 e. The van der Waals surface area contributed by atoms with Crippen molar-refractivity contribution in [1.29, 1.82) is 0 Å². The summed E-state index contributed by atoms with van der Waals surface area (Å²) >= 11 is 3.50. The number of nitrogens with one attached hydrogen (secondary N) is 1. The van der Waals surface area contributed by atoms with Gasteiger partial charge in [0.25, 0.3) is 5.91 Å². The molecule has 27 heavy (non-hydrogen) atoms. The quantitative estimate of drug-likeness (QED) is 0.642. The third-order valence-corrected chi connectivity index (χ3v) is 5.84. The summed E-state index contributed by atoms with van der Waals surface area (Å²) in [6.07, 6.45) is 3.39. The molecule has 0 unspecified atom stereocenters. The number of anilines is 1. The Morgan fingerprint density at radius 3 is 2.85 bits per heavy atom. The van der Waals surface area contributed by atoms with Gasteiger partial charge in [0.05, 0.1) is 5.52 Å². The zero-order chi connectivity index (χ0) is 19.3. The molecule has 1 N–H and O–H groups in total. The van der Waals surface area contributed by atoms with E-state index in [9.17, 15) is 9.59 Å². The summed E-state index contributed by atoms with van der Waals surface area (Å²) in [5, 5.41) is 3.58. The van der Waals surface area contributed by atoms with Crippen LogP contribution in [0.25, 0.3) is 10.9 Å². The minimum atomic E-state index is -0.352. The smallest absolute Gasteiger partial charge is 0.261 e. The van der Waals surface area contributed by atoms with Gasteiger partial charge in [-0.2, -0.15) is 0 Å². The molecule has 1 aliphatic heterocycles. The predicted molar refractivity (Wildman–Crippen MR) is 113 cm³/mol. The Hall–Kier alpha value is -2.40. The number of amides is 1. The zero-order valence-electron chi connectivity index (χ0n) is 15.6. The van der Waals surface area contributed by atoms with Gasteiger partial charge < -0.3 is 9.88 Å². The van der Waals surface area contributed by atoms with Gasteiger partial charge in [-0.15, -0.1) is 0 Å². The van der Waals surface area contributed by atoms with E-state index < -0.39 is 0 Å². The van der Waals surface area contributed by atoms with Crippen LogP contribution in [-0.2, 0) is 12.8 Å². The normalized spacial score (nSPS) is 15.3. The minimum absolute atomic E-state index is 0.186. The van der Waals surface area contributed by atoms with Gasteiger partial charge >= 0.3 is 0 Å². The van der Waals surface area contributed by atoms with Crippen molar-refractivity contribution in [2.75, 3.05) is 5.32 Å². The van der Waals surface area contributed by atoms with Crippen molar-refractivity contribution in [2.45, 2.75) is 39.7 Å². The van der Waals surface area contributed by atoms with Crippen molar-refractivity contribution in [2.24, 2.45) is 0 Å². The summed E-state index contributed by atoms with van der Waals surface area (Å²) < 4.78 is 2.93. The average Bonchev–Trinajstić information content (AvgIpc) is 2.94. The number of rotatable bonds is 3. The number of hydrogen-bond donors (Lipinski definition) is 1. The van der Waals surface area contributed by atoms with Crippen LogP contribution >= 0.6 is 15.9 Å². The van der Waals surface area contributed by atoms with Crippen LogP contribution in [0.2, 0.25) is 0 Å². The van der Waals surface area contributed by atoms with Crippen LogP contribution in [0.1, 0.15) is 46.9 Å². The standard InChI is InChI=1S/C22H21BrN2O2/c1-4-14-7-5-6-12(2)19(14)24-22(27)18-11-25-13(3)8-15-9-16(23)10-17(20(15)25)21(18)26/h5-7,9-11,13H,4,8H2,1-3H3,(H,24,27)/t13-/m1/s1. The topological polar surface area (TPSA) is 51.1 Å². The van der Waals surface area contributed by atoms with Gasteiger partial charge in [0, 0.05) is 27.8 Å². The van der Waals surface area contributed by atoms with Crippen LogP contribution in [0.4, 0.5) is 5.69 Å². The summed E-state index contributed by atoms with van der Waals surface area (Å²) in [4.78, 5) is 26.1. The molecule has 0 saturated carbocycles. The van der Waals surface area contributed by atoms with Gasteiger partial charge in [0.2, 0.25) is 5.43 Å². The molecule has 0 fully saturated rings. The SMILES string of the molecule is CCc1cccc(C)c1NC(=O)c1cn2c3c(cc(Br)cc3c1=O)C[C@H]2C. The van der Waals surface area contributed by atoms with Crippen LogP contribution in [-0.4, -0.2) is 10.5 Å². The number of aromatic nitrogens is 1. The monoisotopic (exact) mass is 424 g/mol.